The third kappa shape index (κ3) is 4.94. The number of carbonyl (C=O) groups is 1. The lowest BCUT2D eigenvalue weighted by Crippen LogP contribution is -2.14. The Bertz CT molecular complexity index is 677. The molecule has 1 amide bonds. The average molecular weight is 335 g/mol. The molecule has 0 saturated carbocycles. The van der Waals surface area contributed by atoms with Gasteiger partial charge in [0.05, 0.1) is 7.11 Å². The second kappa shape index (κ2) is 8.29. The standard InChI is InChI=1S/C18H19F2NO3/c1-12(13-6-4-3-5-7-13)10-17(22)21-14-8-9-15(23-2)16(11-14)24-18(19)20/h3-9,11-12,18H,10H2,1-2H3,(H,21,22). The molecule has 128 valence electrons. The van der Waals surface area contributed by atoms with Gasteiger partial charge in [0.15, 0.2) is 11.5 Å². The first-order chi connectivity index (χ1) is 11.5. The van der Waals surface area contributed by atoms with Gasteiger partial charge in [0, 0.05) is 18.2 Å². The maximum absolute atomic E-state index is 12.4. The summed E-state index contributed by atoms with van der Waals surface area (Å²) in [4.78, 5) is 12.2. The molecule has 2 aromatic rings. The molecule has 4 nitrogen and oxygen atoms in total. The maximum atomic E-state index is 12.4. The lowest BCUT2D eigenvalue weighted by Gasteiger charge is -2.14. The summed E-state index contributed by atoms with van der Waals surface area (Å²) >= 11 is 0. The van der Waals surface area contributed by atoms with Crippen LogP contribution in [0.1, 0.15) is 24.8 Å². The second-order valence-electron chi connectivity index (χ2n) is 5.31. The van der Waals surface area contributed by atoms with E-state index in [4.69, 9.17) is 4.74 Å². The molecule has 0 bridgehead atoms. The Morgan fingerprint density at radius 1 is 1.12 bits per heavy atom. The number of alkyl halides is 2. The van der Waals surface area contributed by atoms with Crippen LogP contribution in [0, 0.1) is 0 Å². The van der Waals surface area contributed by atoms with Gasteiger partial charge in [-0.25, -0.2) is 0 Å². The molecule has 1 N–H and O–H groups in total. The highest BCUT2D eigenvalue weighted by atomic mass is 19.3. The number of amides is 1. The average Bonchev–Trinajstić information content (AvgIpc) is 2.55. The van der Waals surface area contributed by atoms with E-state index >= 15 is 0 Å². The fraction of sp³-hybridized carbons (Fsp3) is 0.278. The Balaban J connectivity index is 2.03. The third-order valence-electron chi connectivity index (χ3n) is 3.52. The van der Waals surface area contributed by atoms with Gasteiger partial charge in [-0.05, 0) is 23.6 Å². The van der Waals surface area contributed by atoms with Gasteiger partial charge in [0.2, 0.25) is 5.91 Å². The molecule has 0 saturated heterocycles. The number of hydrogen-bond donors (Lipinski definition) is 1. The van der Waals surface area contributed by atoms with E-state index in [-0.39, 0.29) is 29.7 Å². The fourth-order valence-corrected chi connectivity index (χ4v) is 2.33. The number of ether oxygens (including phenoxy) is 2. The van der Waals surface area contributed by atoms with Crippen molar-refractivity contribution >= 4 is 11.6 Å². The van der Waals surface area contributed by atoms with E-state index in [0.29, 0.717) is 5.69 Å². The zero-order chi connectivity index (χ0) is 17.5. The smallest absolute Gasteiger partial charge is 0.387 e. The number of methoxy groups -OCH3 is 1. The molecule has 1 atom stereocenters. The Morgan fingerprint density at radius 3 is 2.46 bits per heavy atom. The van der Waals surface area contributed by atoms with Gasteiger partial charge in [-0.1, -0.05) is 37.3 Å². The predicted octanol–water partition coefficient (Wildman–Crippen LogP) is 4.43. The first-order valence-corrected chi connectivity index (χ1v) is 7.47. The van der Waals surface area contributed by atoms with E-state index in [1.807, 2.05) is 37.3 Å². The normalized spacial score (nSPS) is 11.9. The van der Waals surface area contributed by atoms with Crippen LogP contribution in [0.15, 0.2) is 48.5 Å². The minimum Gasteiger partial charge on any atom is -0.493 e. The highest BCUT2D eigenvalue weighted by Crippen LogP contribution is 2.31. The van der Waals surface area contributed by atoms with Crippen LogP contribution in [0.5, 0.6) is 11.5 Å². The van der Waals surface area contributed by atoms with Crippen molar-refractivity contribution in [2.24, 2.45) is 0 Å². The molecule has 0 radical (unpaired) electrons. The van der Waals surface area contributed by atoms with E-state index < -0.39 is 6.61 Å². The van der Waals surface area contributed by atoms with Crippen LogP contribution >= 0.6 is 0 Å². The molecule has 0 aliphatic heterocycles. The van der Waals surface area contributed by atoms with Gasteiger partial charge < -0.3 is 14.8 Å². The maximum Gasteiger partial charge on any atom is 0.387 e. The highest BCUT2D eigenvalue weighted by molar-refractivity contribution is 5.91. The molecule has 6 heteroatoms. The van der Waals surface area contributed by atoms with Crippen molar-refractivity contribution in [2.75, 3.05) is 12.4 Å². The molecule has 2 aromatic carbocycles. The summed E-state index contributed by atoms with van der Waals surface area (Å²) in [6.45, 7) is -1.02. The van der Waals surface area contributed by atoms with Crippen LogP contribution in [0.3, 0.4) is 0 Å². The number of hydrogen-bond acceptors (Lipinski definition) is 3. The summed E-state index contributed by atoms with van der Waals surface area (Å²) in [7, 11) is 1.35. The molecule has 0 aromatic heterocycles. The van der Waals surface area contributed by atoms with Gasteiger partial charge in [0.25, 0.3) is 0 Å². The Kier molecular flexibility index (Phi) is 6.12. The van der Waals surface area contributed by atoms with E-state index in [2.05, 4.69) is 10.1 Å². The molecule has 24 heavy (non-hydrogen) atoms. The summed E-state index contributed by atoms with van der Waals surface area (Å²) in [5, 5.41) is 2.69. The molecular weight excluding hydrogens is 316 g/mol. The second-order valence-corrected chi connectivity index (χ2v) is 5.31. The zero-order valence-electron chi connectivity index (χ0n) is 13.5. The van der Waals surface area contributed by atoms with Crippen LogP contribution in [0.2, 0.25) is 0 Å². The summed E-state index contributed by atoms with van der Waals surface area (Å²) in [5.41, 5.74) is 1.43. The topological polar surface area (TPSA) is 47.6 Å². The zero-order valence-corrected chi connectivity index (χ0v) is 13.5. The minimum absolute atomic E-state index is 0.0428. The quantitative estimate of drug-likeness (QED) is 0.814. The number of nitrogens with one attached hydrogen (secondary N) is 1. The number of anilines is 1. The first-order valence-electron chi connectivity index (χ1n) is 7.47. The Hall–Kier alpha value is -2.63. The van der Waals surface area contributed by atoms with Crippen LogP contribution < -0.4 is 14.8 Å². The molecule has 0 aliphatic rings. The van der Waals surface area contributed by atoms with Crippen molar-refractivity contribution in [3.05, 3.63) is 54.1 Å². The fourth-order valence-electron chi connectivity index (χ4n) is 2.33. The molecule has 0 heterocycles. The molecule has 0 spiro atoms. The third-order valence-corrected chi connectivity index (χ3v) is 3.52. The summed E-state index contributed by atoms with van der Waals surface area (Å²) in [6, 6.07) is 14.0. The van der Waals surface area contributed by atoms with Crippen LogP contribution in [-0.2, 0) is 4.79 Å². The number of halogens is 2. The van der Waals surface area contributed by atoms with Crippen molar-refractivity contribution in [1.82, 2.24) is 0 Å². The number of benzene rings is 2. The van der Waals surface area contributed by atoms with Crippen molar-refractivity contribution in [3.8, 4) is 11.5 Å². The summed E-state index contributed by atoms with van der Waals surface area (Å²) in [6.07, 6.45) is 0.279. The molecule has 2 rings (SSSR count). The lowest BCUT2D eigenvalue weighted by molar-refractivity contribution is -0.116. The first kappa shape index (κ1) is 17.7. The Labute approximate surface area is 139 Å². The van der Waals surface area contributed by atoms with E-state index in [9.17, 15) is 13.6 Å². The number of carbonyl (C=O) groups excluding carboxylic acids is 1. The van der Waals surface area contributed by atoms with Crippen molar-refractivity contribution in [2.45, 2.75) is 25.9 Å². The SMILES string of the molecule is COc1ccc(NC(=O)CC(C)c2ccccc2)cc1OC(F)F. The van der Waals surface area contributed by atoms with Crippen LogP contribution in [-0.4, -0.2) is 19.6 Å². The van der Waals surface area contributed by atoms with Gasteiger partial charge in [-0.3, -0.25) is 4.79 Å². The van der Waals surface area contributed by atoms with E-state index in [1.54, 1.807) is 6.07 Å². The predicted molar refractivity (Wildman–Crippen MR) is 87.7 cm³/mol. The molecule has 0 fully saturated rings. The minimum atomic E-state index is -2.97. The van der Waals surface area contributed by atoms with Gasteiger partial charge >= 0.3 is 6.61 Å². The lowest BCUT2D eigenvalue weighted by atomic mass is 9.97. The van der Waals surface area contributed by atoms with Gasteiger partial charge in [0.1, 0.15) is 0 Å². The molecule has 1 unspecified atom stereocenters. The summed E-state index contributed by atoms with van der Waals surface area (Å²) in [5.74, 6) is -0.117. The largest absolute Gasteiger partial charge is 0.493 e. The van der Waals surface area contributed by atoms with Crippen molar-refractivity contribution in [1.29, 1.82) is 0 Å². The van der Waals surface area contributed by atoms with E-state index in [0.717, 1.165) is 5.56 Å². The number of rotatable bonds is 7. The van der Waals surface area contributed by atoms with Crippen LogP contribution in [0.25, 0.3) is 0 Å². The Morgan fingerprint density at radius 2 is 1.83 bits per heavy atom. The van der Waals surface area contributed by atoms with Crippen LogP contribution in [0.4, 0.5) is 14.5 Å². The summed E-state index contributed by atoms with van der Waals surface area (Å²) < 4.78 is 34.2. The molecule has 0 aliphatic carbocycles. The van der Waals surface area contributed by atoms with Gasteiger partial charge in [-0.15, -0.1) is 0 Å². The van der Waals surface area contributed by atoms with Crippen molar-refractivity contribution < 1.29 is 23.0 Å². The van der Waals surface area contributed by atoms with Gasteiger partial charge in [-0.2, -0.15) is 8.78 Å². The molecular formula is C18H19F2NO3. The van der Waals surface area contributed by atoms with Crippen molar-refractivity contribution in [3.63, 3.8) is 0 Å². The van der Waals surface area contributed by atoms with E-state index in [1.165, 1.54) is 19.2 Å². The highest BCUT2D eigenvalue weighted by Gasteiger charge is 2.14. The monoisotopic (exact) mass is 335 g/mol.